The number of piperazine rings is 1. The van der Waals surface area contributed by atoms with Gasteiger partial charge in [0, 0.05) is 45.3 Å². The maximum Gasteiger partial charge on any atom is 0.243 e. The van der Waals surface area contributed by atoms with E-state index < -0.39 is 27.6 Å². The maximum atomic E-state index is 14.0. The van der Waals surface area contributed by atoms with Crippen LogP contribution in [0.5, 0.6) is 5.75 Å². The van der Waals surface area contributed by atoms with Crippen molar-refractivity contribution in [3.8, 4) is 5.75 Å². The molecule has 0 aliphatic carbocycles. The van der Waals surface area contributed by atoms with Crippen LogP contribution in [0.15, 0.2) is 41.3 Å². The molecular weight excluding hydrogens is 510 g/mol. The molecule has 5 rings (SSSR count). The molecule has 0 bridgehead atoms. The number of fused-ring (bicyclic) bond motifs is 1. The molecule has 8 nitrogen and oxygen atoms in total. The maximum absolute atomic E-state index is 14.0. The standard InChI is InChI=1S/C24H26F2N4O4S2/c1-34-18-4-6-19(7-5-18)36(32,33)30-8-2-3-16(15-30)23(31)28-9-11-29(12-10-28)24-27-22-20(26)13-17(25)14-21(22)35-24/h4-7,13-14,16H,2-3,8-12,15H2,1H3. The van der Waals surface area contributed by atoms with E-state index in [0.717, 1.165) is 6.07 Å². The lowest BCUT2D eigenvalue weighted by atomic mass is 9.98. The molecule has 2 aromatic carbocycles. The Labute approximate surface area is 212 Å². The average Bonchev–Trinajstić information content (AvgIpc) is 3.33. The van der Waals surface area contributed by atoms with Crippen molar-refractivity contribution in [3.63, 3.8) is 0 Å². The summed E-state index contributed by atoms with van der Waals surface area (Å²) in [4.78, 5) is 21.5. The van der Waals surface area contributed by atoms with Gasteiger partial charge in [-0.05, 0) is 43.2 Å². The lowest BCUT2D eigenvalue weighted by Gasteiger charge is -2.38. The Balaban J connectivity index is 1.22. The van der Waals surface area contributed by atoms with E-state index in [4.69, 9.17) is 4.74 Å². The molecule has 3 aromatic rings. The zero-order valence-corrected chi connectivity index (χ0v) is 21.3. The van der Waals surface area contributed by atoms with Gasteiger partial charge in [-0.3, -0.25) is 4.79 Å². The monoisotopic (exact) mass is 536 g/mol. The number of hydrogen-bond donors (Lipinski definition) is 0. The molecule has 12 heteroatoms. The van der Waals surface area contributed by atoms with Crippen molar-refractivity contribution in [2.75, 3.05) is 51.3 Å². The van der Waals surface area contributed by atoms with Gasteiger partial charge in [0.15, 0.2) is 10.9 Å². The highest BCUT2D eigenvalue weighted by molar-refractivity contribution is 7.89. The quantitative estimate of drug-likeness (QED) is 0.498. The van der Waals surface area contributed by atoms with Crippen molar-refractivity contribution >= 4 is 42.6 Å². The lowest BCUT2D eigenvalue weighted by Crippen LogP contribution is -2.53. The number of nitrogens with zero attached hydrogens (tertiary/aromatic N) is 4. The third kappa shape index (κ3) is 4.76. The number of methoxy groups -OCH3 is 1. The minimum Gasteiger partial charge on any atom is -0.497 e. The number of halogens is 2. The minimum atomic E-state index is -3.71. The molecular formula is C24H26F2N4O4S2. The number of piperidine rings is 1. The summed E-state index contributed by atoms with van der Waals surface area (Å²) < 4.78 is 60.8. The molecule has 1 atom stereocenters. The Kier molecular flexibility index (Phi) is 6.84. The van der Waals surface area contributed by atoms with E-state index in [1.807, 2.05) is 4.90 Å². The third-order valence-electron chi connectivity index (χ3n) is 6.69. The first kappa shape index (κ1) is 24.8. The number of amides is 1. The molecule has 1 aromatic heterocycles. The van der Waals surface area contributed by atoms with Gasteiger partial charge in [-0.2, -0.15) is 4.31 Å². The number of aromatic nitrogens is 1. The van der Waals surface area contributed by atoms with Gasteiger partial charge in [-0.1, -0.05) is 11.3 Å². The van der Waals surface area contributed by atoms with Gasteiger partial charge >= 0.3 is 0 Å². The lowest BCUT2D eigenvalue weighted by molar-refractivity contribution is -0.137. The van der Waals surface area contributed by atoms with Gasteiger partial charge < -0.3 is 14.5 Å². The number of benzene rings is 2. The second-order valence-corrected chi connectivity index (χ2v) is 11.9. The van der Waals surface area contributed by atoms with Gasteiger partial charge in [0.1, 0.15) is 17.1 Å². The summed E-state index contributed by atoms with van der Waals surface area (Å²) in [5, 5.41) is 0.594. The summed E-state index contributed by atoms with van der Waals surface area (Å²) in [7, 11) is -2.20. The van der Waals surface area contributed by atoms with Crippen molar-refractivity contribution in [3.05, 3.63) is 48.0 Å². The molecule has 2 aliphatic heterocycles. The molecule has 1 unspecified atom stereocenters. The number of ether oxygens (including phenoxy) is 1. The highest BCUT2D eigenvalue weighted by Gasteiger charge is 2.36. The summed E-state index contributed by atoms with van der Waals surface area (Å²) in [6.45, 7) is 2.45. The van der Waals surface area contributed by atoms with Gasteiger partial charge in [0.25, 0.3) is 0 Å². The number of sulfonamides is 1. The number of hydrogen-bond acceptors (Lipinski definition) is 7. The Hall–Kier alpha value is -2.83. The van der Waals surface area contributed by atoms with Crippen molar-refractivity contribution in [2.24, 2.45) is 5.92 Å². The van der Waals surface area contributed by atoms with Crippen molar-refractivity contribution in [2.45, 2.75) is 17.7 Å². The SMILES string of the molecule is COc1ccc(S(=O)(=O)N2CCCC(C(=O)N3CCN(c4nc5c(F)cc(F)cc5s4)CC3)C2)cc1. The molecule has 0 N–H and O–H groups in total. The Morgan fingerprint density at radius 3 is 2.50 bits per heavy atom. The first-order chi connectivity index (χ1) is 17.3. The topological polar surface area (TPSA) is 83.0 Å². The number of anilines is 1. The predicted octanol–water partition coefficient (Wildman–Crippen LogP) is 3.33. The van der Waals surface area contributed by atoms with Crippen LogP contribution in [-0.4, -0.2) is 74.9 Å². The predicted molar refractivity (Wildman–Crippen MR) is 133 cm³/mol. The normalized spacial score (nSPS) is 19.6. The van der Waals surface area contributed by atoms with Crippen LogP contribution in [0.1, 0.15) is 12.8 Å². The number of carbonyl (C=O) groups is 1. The van der Waals surface area contributed by atoms with E-state index in [-0.39, 0.29) is 22.9 Å². The molecule has 0 spiro atoms. The van der Waals surface area contributed by atoms with Crippen molar-refractivity contribution in [1.29, 1.82) is 0 Å². The van der Waals surface area contributed by atoms with Crippen LogP contribution in [0, 0.1) is 17.6 Å². The number of thiazole rings is 1. The second kappa shape index (κ2) is 9.91. The van der Waals surface area contributed by atoms with Crippen LogP contribution < -0.4 is 9.64 Å². The third-order valence-corrected chi connectivity index (χ3v) is 9.64. The second-order valence-electron chi connectivity index (χ2n) is 8.92. The zero-order valence-electron chi connectivity index (χ0n) is 19.7. The van der Waals surface area contributed by atoms with E-state index in [9.17, 15) is 22.0 Å². The molecule has 0 saturated carbocycles. The average molecular weight is 537 g/mol. The molecule has 3 heterocycles. The fourth-order valence-corrected chi connectivity index (χ4v) is 7.30. The summed E-state index contributed by atoms with van der Waals surface area (Å²) >= 11 is 1.22. The van der Waals surface area contributed by atoms with Crippen LogP contribution in [0.25, 0.3) is 10.2 Å². The molecule has 2 fully saturated rings. The zero-order chi connectivity index (χ0) is 25.4. The highest BCUT2D eigenvalue weighted by atomic mass is 32.2. The van der Waals surface area contributed by atoms with Gasteiger partial charge in [0.2, 0.25) is 15.9 Å². The summed E-state index contributed by atoms with van der Waals surface area (Å²) in [5.41, 5.74) is 0.148. The van der Waals surface area contributed by atoms with Crippen LogP contribution in [0.3, 0.4) is 0 Å². The summed E-state index contributed by atoms with van der Waals surface area (Å²) in [6, 6.07) is 8.34. The first-order valence-corrected chi connectivity index (χ1v) is 14.0. The van der Waals surface area contributed by atoms with E-state index in [2.05, 4.69) is 4.98 Å². The van der Waals surface area contributed by atoms with E-state index in [0.29, 0.717) is 61.1 Å². The van der Waals surface area contributed by atoms with Gasteiger partial charge in [-0.25, -0.2) is 22.2 Å². The van der Waals surface area contributed by atoms with Crippen LogP contribution in [-0.2, 0) is 14.8 Å². The number of rotatable bonds is 5. The van der Waals surface area contributed by atoms with Crippen LogP contribution in [0.2, 0.25) is 0 Å². The molecule has 2 saturated heterocycles. The minimum absolute atomic E-state index is 0.0540. The van der Waals surface area contributed by atoms with Crippen molar-refractivity contribution in [1.82, 2.24) is 14.2 Å². The van der Waals surface area contributed by atoms with Crippen LogP contribution >= 0.6 is 11.3 Å². The highest BCUT2D eigenvalue weighted by Crippen LogP contribution is 2.32. The Morgan fingerprint density at radius 2 is 1.81 bits per heavy atom. The van der Waals surface area contributed by atoms with Gasteiger partial charge in [-0.15, -0.1) is 0 Å². The van der Waals surface area contributed by atoms with E-state index in [1.165, 1.54) is 41.0 Å². The Bertz CT molecular complexity index is 1370. The largest absolute Gasteiger partial charge is 0.497 e. The summed E-state index contributed by atoms with van der Waals surface area (Å²) in [5.74, 6) is -1.21. The molecule has 192 valence electrons. The Morgan fingerprint density at radius 1 is 1.08 bits per heavy atom. The smallest absolute Gasteiger partial charge is 0.243 e. The fraction of sp³-hybridized carbons (Fsp3) is 0.417. The first-order valence-electron chi connectivity index (χ1n) is 11.7. The molecule has 1 amide bonds. The molecule has 2 aliphatic rings. The van der Waals surface area contributed by atoms with Gasteiger partial charge in [0.05, 0.1) is 22.6 Å². The van der Waals surface area contributed by atoms with Crippen molar-refractivity contribution < 1.29 is 26.7 Å². The van der Waals surface area contributed by atoms with E-state index >= 15 is 0 Å². The van der Waals surface area contributed by atoms with E-state index in [1.54, 1.807) is 17.0 Å². The molecule has 0 radical (unpaired) electrons. The number of carbonyl (C=O) groups excluding carboxylic acids is 1. The molecule has 36 heavy (non-hydrogen) atoms. The summed E-state index contributed by atoms with van der Waals surface area (Å²) in [6.07, 6.45) is 1.25. The fourth-order valence-electron chi connectivity index (χ4n) is 4.72. The van der Waals surface area contributed by atoms with Crippen LogP contribution in [0.4, 0.5) is 13.9 Å².